The van der Waals surface area contributed by atoms with Gasteiger partial charge in [-0.25, -0.2) is 4.79 Å². The highest BCUT2D eigenvalue weighted by Crippen LogP contribution is 2.23. The highest BCUT2D eigenvalue weighted by molar-refractivity contribution is 5.89. The minimum Gasteiger partial charge on any atom is -0.372 e. The molecule has 6 nitrogen and oxygen atoms in total. The van der Waals surface area contributed by atoms with E-state index in [0.717, 1.165) is 16.9 Å². The van der Waals surface area contributed by atoms with Crippen LogP contribution in [0.25, 0.3) is 0 Å². The summed E-state index contributed by atoms with van der Waals surface area (Å²) in [5, 5.41) is 5.74. The molecule has 1 aliphatic heterocycles. The van der Waals surface area contributed by atoms with E-state index >= 15 is 0 Å². The van der Waals surface area contributed by atoms with Crippen molar-refractivity contribution in [1.82, 2.24) is 15.3 Å². The van der Waals surface area contributed by atoms with Crippen molar-refractivity contribution >= 4 is 11.7 Å². The molecule has 1 unspecified atom stereocenters. The minimum atomic E-state index is -0.227. The Kier molecular flexibility index (Phi) is 4.29. The Balaban J connectivity index is 1.54. The molecule has 2 amide bonds. The third-order valence-electron chi connectivity index (χ3n) is 3.49. The van der Waals surface area contributed by atoms with Crippen molar-refractivity contribution in [2.75, 3.05) is 5.32 Å². The monoisotopic (exact) mass is 298 g/mol. The minimum absolute atomic E-state index is 0.0329. The molecule has 114 valence electrons. The normalized spacial score (nSPS) is 14.2. The number of nitrogens with zero attached hydrogens (tertiary/aromatic N) is 2. The highest BCUT2D eigenvalue weighted by atomic mass is 16.5. The lowest BCUT2D eigenvalue weighted by molar-refractivity contribution is 0.134. The summed E-state index contributed by atoms with van der Waals surface area (Å²) in [5.74, 6) is 0. The van der Waals surface area contributed by atoms with Gasteiger partial charge in [-0.15, -0.1) is 0 Å². The Morgan fingerprint density at radius 3 is 3.00 bits per heavy atom. The summed E-state index contributed by atoms with van der Waals surface area (Å²) in [6, 6.07) is 5.57. The molecule has 6 heteroatoms. The smallest absolute Gasteiger partial charge is 0.319 e. The second-order valence-electron chi connectivity index (χ2n) is 5.38. The Labute approximate surface area is 128 Å². The summed E-state index contributed by atoms with van der Waals surface area (Å²) in [6.45, 7) is 3.19. The second kappa shape index (κ2) is 6.53. The van der Waals surface area contributed by atoms with Gasteiger partial charge in [0.2, 0.25) is 0 Å². The summed E-state index contributed by atoms with van der Waals surface area (Å²) in [6.07, 6.45) is 5.62. The molecule has 2 aromatic rings. The van der Waals surface area contributed by atoms with Crippen molar-refractivity contribution in [3.63, 3.8) is 0 Å². The molecule has 22 heavy (non-hydrogen) atoms. The van der Waals surface area contributed by atoms with Crippen LogP contribution in [0.3, 0.4) is 0 Å². The average molecular weight is 298 g/mol. The number of carbonyl (C=O) groups excluding carboxylic acids is 1. The van der Waals surface area contributed by atoms with Crippen LogP contribution in [0.2, 0.25) is 0 Å². The third-order valence-corrected chi connectivity index (χ3v) is 3.49. The summed E-state index contributed by atoms with van der Waals surface area (Å²) < 4.78 is 5.36. The number of urea groups is 1. The second-order valence-corrected chi connectivity index (χ2v) is 5.38. The van der Waals surface area contributed by atoms with Gasteiger partial charge in [0.25, 0.3) is 0 Å². The molecule has 3 rings (SSSR count). The van der Waals surface area contributed by atoms with E-state index in [4.69, 9.17) is 4.74 Å². The number of rotatable bonds is 4. The molecule has 1 aliphatic rings. The number of hydrogen-bond donors (Lipinski definition) is 2. The largest absolute Gasteiger partial charge is 0.372 e. The summed E-state index contributed by atoms with van der Waals surface area (Å²) in [5.41, 5.74) is 3.94. The van der Waals surface area contributed by atoms with E-state index in [1.165, 1.54) is 5.56 Å². The van der Waals surface area contributed by atoms with E-state index in [9.17, 15) is 4.79 Å². The van der Waals surface area contributed by atoms with Crippen LogP contribution in [0.5, 0.6) is 0 Å². The van der Waals surface area contributed by atoms with Crippen LogP contribution in [0.4, 0.5) is 10.5 Å². The number of fused-ring (bicyclic) bond motifs is 1. The number of ether oxygens (including phenoxy) is 1. The number of anilines is 1. The van der Waals surface area contributed by atoms with Crippen LogP contribution in [-0.2, 0) is 24.4 Å². The SMILES string of the molecule is CC(Cc1cnccn1)NC(=O)Nc1ccc2c(c1)COC2. The molecule has 0 radical (unpaired) electrons. The predicted molar refractivity (Wildman–Crippen MR) is 82.3 cm³/mol. The van der Waals surface area contributed by atoms with Gasteiger partial charge in [0, 0.05) is 36.7 Å². The fraction of sp³-hybridized carbons (Fsp3) is 0.312. The van der Waals surface area contributed by atoms with Crippen molar-refractivity contribution in [2.24, 2.45) is 0 Å². The lowest BCUT2D eigenvalue weighted by Gasteiger charge is -2.14. The Morgan fingerprint density at radius 1 is 1.32 bits per heavy atom. The first-order valence-corrected chi connectivity index (χ1v) is 7.22. The molecule has 0 aliphatic carbocycles. The standard InChI is InChI=1S/C16H18N4O2/c1-11(6-15-8-17-4-5-18-15)19-16(21)20-14-3-2-12-9-22-10-13(12)7-14/h2-5,7-8,11H,6,9-10H2,1H3,(H2,19,20,21). The van der Waals surface area contributed by atoms with Crippen molar-refractivity contribution in [3.8, 4) is 0 Å². The van der Waals surface area contributed by atoms with Gasteiger partial charge in [-0.2, -0.15) is 0 Å². The fourth-order valence-corrected chi connectivity index (χ4v) is 2.44. The van der Waals surface area contributed by atoms with Crippen molar-refractivity contribution in [1.29, 1.82) is 0 Å². The summed E-state index contributed by atoms with van der Waals surface area (Å²) in [7, 11) is 0. The molecule has 1 aromatic carbocycles. The van der Waals surface area contributed by atoms with E-state index in [0.29, 0.717) is 19.6 Å². The number of amides is 2. The lowest BCUT2D eigenvalue weighted by Crippen LogP contribution is -2.37. The van der Waals surface area contributed by atoms with Crippen LogP contribution in [-0.4, -0.2) is 22.0 Å². The number of aromatic nitrogens is 2. The number of hydrogen-bond acceptors (Lipinski definition) is 4. The van der Waals surface area contributed by atoms with Gasteiger partial charge in [0.15, 0.2) is 0 Å². The highest BCUT2D eigenvalue weighted by Gasteiger charge is 2.13. The van der Waals surface area contributed by atoms with Gasteiger partial charge in [0.05, 0.1) is 18.9 Å². The molecule has 0 saturated heterocycles. The molecule has 0 fully saturated rings. The zero-order valence-corrected chi connectivity index (χ0v) is 12.4. The zero-order valence-electron chi connectivity index (χ0n) is 12.4. The van der Waals surface area contributed by atoms with Crippen molar-refractivity contribution in [2.45, 2.75) is 32.6 Å². The lowest BCUT2D eigenvalue weighted by atomic mass is 10.1. The Hall–Kier alpha value is -2.47. The molecule has 0 saturated carbocycles. The maximum absolute atomic E-state index is 12.0. The maximum atomic E-state index is 12.0. The van der Waals surface area contributed by atoms with Gasteiger partial charge in [0.1, 0.15) is 0 Å². The summed E-state index contributed by atoms with van der Waals surface area (Å²) in [4.78, 5) is 20.2. The van der Waals surface area contributed by atoms with Crippen LogP contribution < -0.4 is 10.6 Å². The molecule has 0 spiro atoms. The van der Waals surface area contributed by atoms with Gasteiger partial charge < -0.3 is 15.4 Å². The molecule has 2 N–H and O–H groups in total. The molecule has 1 atom stereocenters. The van der Waals surface area contributed by atoms with Crippen molar-refractivity contribution < 1.29 is 9.53 Å². The first-order valence-electron chi connectivity index (χ1n) is 7.22. The molecule has 2 heterocycles. The number of benzene rings is 1. The van der Waals surface area contributed by atoms with Crippen LogP contribution in [0, 0.1) is 0 Å². The van der Waals surface area contributed by atoms with Crippen LogP contribution in [0.1, 0.15) is 23.7 Å². The van der Waals surface area contributed by atoms with E-state index in [-0.39, 0.29) is 12.1 Å². The van der Waals surface area contributed by atoms with Gasteiger partial charge in [-0.1, -0.05) is 6.07 Å². The Bertz CT molecular complexity index is 660. The quantitative estimate of drug-likeness (QED) is 0.907. The molecule has 1 aromatic heterocycles. The van der Waals surface area contributed by atoms with Gasteiger partial charge in [-0.3, -0.25) is 9.97 Å². The number of nitrogens with one attached hydrogen (secondary N) is 2. The zero-order chi connectivity index (χ0) is 15.4. The maximum Gasteiger partial charge on any atom is 0.319 e. The molecular weight excluding hydrogens is 280 g/mol. The average Bonchev–Trinajstić information content (AvgIpc) is 2.95. The molecule has 0 bridgehead atoms. The predicted octanol–water partition coefficient (Wildman–Crippen LogP) is 2.26. The van der Waals surface area contributed by atoms with E-state index in [1.54, 1.807) is 18.6 Å². The van der Waals surface area contributed by atoms with E-state index in [2.05, 4.69) is 20.6 Å². The van der Waals surface area contributed by atoms with Gasteiger partial charge in [-0.05, 0) is 30.2 Å². The van der Waals surface area contributed by atoms with Crippen molar-refractivity contribution in [3.05, 3.63) is 53.6 Å². The van der Waals surface area contributed by atoms with E-state index in [1.807, 2.05) is 25.1 Å². The number of carbonyl (C=O) groups is 1. The van der Waals surface area contributed by atoms with Crippen LogP contribution in [0.15, 0.2) is 36.8 Å². The summed E-state index contributed by atoms with van der Waals surface area (Å²) >= 11 is 0. The van der Waals surface area contributed by atoms with Crippen LogP contribution >= 0.6 is 0 Å². The first kappa shape index (κ1) is 14.5. The topological polar surface area (TPSA) is 76.1 Å². The van der Waals surface area contributed by atoms with Gasteiger partial charge >= 0.3 is 6.03 Å². The Morgan fingerprint density at radius 2 is 2.18 bits per heavy atom. The molecular formula is C16H18N4O2. The van der Waals surface area contributed by atoms with E-state index < -0.39 is 0 Å². The fourth-order valence-electron chi connectivity index (χ4n) is 2.44. The third kappa shape index (κ3) is 3.59. The first-order chi connectivity index (χ1) is 10.7.